The molecule has 7 nitrogen and oxygen atoms in total. The van der Waals surface area contributed by atoms with Crippen LogP contribution in [0.25, 0.3) is 0 Å². The zero-order chi connectivity index (χ0) is 19.4. The molecule has 1 saturated carbocycles. The monoisotopic (exact) mass is 372 g/mol. The number of hydrogen-bond acceptors (Lipinski definition) is 3. The van der Waals surface area contributed by atoms with Crippen LogP contribution < -0.4 is 16.0 Å². The number of anilines is 1. The van der Waals surface area contributed by atoms with Crippen LogP contribution in [0.2, 0.25) is 0 Å². The molecule has 146 valence electrons. The summed E-state index contributed by atoms with van der Waals surface area (Å²) in [5.41, 5.74) is 1.12. The minimum atomic E-state index is -0.294. The molecule has 0 unspecified atom stereocenters. The van der Waals surface area contributed by atoms with Gasteiger partial charge in [-0.1, -0.05) is 6.07 Å². The maximum atomic E-state index is 12.8. The Kier molecular flexibility index (Phi) is 5.98. The molecule has 2 aliphatic rings. The smallest absolute Gasteiger partial charge is 0.319 e. The van der Waals surface area contributed by atoms with Gasteiger partial charge in [0.25, 0.3) is 5.91 Å². The van der Waals surface area contributed by atoms with Gasteiger partial charge in [0.15, 0.2) is 0 Å². The van der Waals surface area contributed by atoms with Gasteiger partial charge in [0.1, 0.15) is 0 Å². The normalized spacial score (nSPS) is 17.5. The molecular weight excluding hydrogens is 344 g/mol. The number of piperidine rings is 1. The van der Waals surface area contributed by atoms with E-state index in [1.807, 2.05) is 13.8 Å². The Balaban J connectivity index is 1.54. The molecule has 1 aromatic rings. The van der Waals surface area contributed by atoms with Gasteiger partial charge in [-0.15, -0.1) is 0 Å². The fourth-order valence-corrected chi connectivity index (χ4v) is 3.23. The number of nitrogens with one attached hydrogen (secondary N) is 3. The molecule has 1 heterocycles. The van der Waals surface area contributed by atoms with Gasteiger partial charge in [0.2, 0.25) is 5.91 Å². The molecule has 0 bridgehead atoms. The quantitative estimate of drug-likeness (QED) is 0.741. The zero-order valence-electron chi connectivity index (χ0n) is 16.0. The van der Waals surface area contributed by atoms with Crippen molar-refractivity contribution in [1.29, 1.82) is 0 Å². The topological polar surface area (TPSA) is 90.5 Å². The highest BCUT2D eigenvalue weighted by molar-refractivity contribution is 5.97. The fraction of sp³-hybridized carbons (Fsp3) is 0.550. The molecule has 1 aliphatic heterocycles. The lowest BCUT2D eigenvalue weighted by Gasteiger charge is -2.31. The van der Waals surface area contributed by atoms with Gasteiger partial charge in [-0.3, -0.25) is 9.59 Å². The number of hydrogen-bond donors (Lipinski definition) is 3. The number of rotatable bonds is 5. The summed E-state index contributed by atoms with van der Waals surface area (Å²) in [5, 5.41) is 8.55. The fourth-order valence-electron chi connectivity index (χ4n) is 3.23. The second kappa shape index (κ2) is 8.41. The second-order valence-corrected chi connectivity index (χ2v) is 7.68. The summed E-state index contributed by atoms with van der Waals surface area (Å²) in [4.78, 5) is 38.6. The minimum absolute atomic E-state index is 0.00220. The van der Waals surface area contributed by atoms with Gasteiger partial charge in [-0.25, -0.2) is 4.79 Å². The van der Waals surface area contributed by atoms with Gasteiger partial charge >= 0.3 is 6.03 Å². The first-order valence-corrected chi connectivity index (χ1v) is 9.69. The lowest BCUT2D eigenvalue weighted by molar-refractivity contribution is -0.126. The molecule has 1 aliphatic carbocycles. The van der Waals surface area contributed by atoms with Crippen LogP contribution in [-0.4, -0.2) is 47.9 Å². The van der Waals surface area contributed by atoms with E-state index in [9.17, 15) is 14.4 Å². The van der Waals surface area contributed by atoms with Crippen LogP contribution in [0.5, 0.6) is 0 Å². The van der Waals surface area contributed by atoms with E-state index in [4.69, 9.17) is 0 Å². The number of carbonyl (C=O) groups is 3. The molecule has 3 rings (SSSR count). The zero-order valence-corrected chi connectivity index (χ0v) is 16.0. The third-order valence-corrected chi connectivity index (χ3v) is 4.86. The van der Waals surface area contributed by atoms with Crippen molar-refractivity contribution < 1.29 is 14.4 Å². The Morgan fingerprint density at radius 2 is 1.78 bits per heavy atom. The molecule has 0 spiro atoms. The van der Waals surface area contributed by atoms with Gasteiger partial charge in [0.05, 0.1) is 0 Å². The molecule has 0 aromatic heterocycles. The minimum Gasteiger partial charge on any atom is -0.353 e. The molecule has 0 atom stereocenters. The van der Waals surface area contributed by atoms with Crippen molar-refractivity contribution in [2.24, 2.45) is 5.92 Å². The van der Waals surface area contributed by atoms with Crippen LogP contribution in [0.15, 0.2) is 24.3 Å². The van der Waals surface area contributed by atoms with Crippen LogP contribution in [0.4, 0.5) is 10.5 Å². The van der Waals surface area contributed by atoms with Crippen LogP contribution in [0, 0.1) is 5.92 Å². The van der Waals surface area contributed by atoms with Crippen LogP contribution in [0.1, 0.15) is 49.9 Å². The maximum absolute atomic E-state index is 12.8. The summed E-state index contributed by atoms with van der Waals surface area (Å²) in [7, 11) is 0. The summed E-state index contributed by atoms with van der Waals surface area (Å²) in [6.07, 6.45) is 3.56. The van der Waals surface area contributed by atoms with Crippen molar-refractivity contribution >= 4 is 23.5 Å². The number of urea groups is 1. The Bertz CT molecular complexity index is 707. The predicted octanol–water partition coefficient (Wildman–Crippen LogP) is 2.35. The Morgan fingerprint density at radius 3 is 2.41 bits per heavy atom. The molecule has 3 N–H and O–H groups in total. The van der Waals surface area contributed by atoms with E-state index in [0.29, 0.717) is 43.2 Å². The van der Waals surface area contributed by atoms with Crippen molar-refractivity contribution in [3.05, 3.63) is 29.8 Å². The number of carbonyl (C=O) groups excluding carboxylic acids is 3. The van der Waals surface area contributed by atoms with Crippen molar-refractivity contribution in [2.75, 3.05) is 18.4 Å². The van der Waals surface area contributed by atoms with E-state index >= 15 is 0 Å². The van der Waals surface area contributed by atoms with Crippen LogP contribution >= 0.6 is 0 Å². The summed E-state index contributed by atoms with van der Waals surface area (Å²) in [5.74, 6) is 0.0679. The van der Waals surface area contributed by atoms with Crippen molar-refractivity contribution in [3.8, 4) is 0 Å². The average Bonchev–Trinajstić information content (AvgIpc) is 3.44. The summed E-state index contributed by atoms with van der Waals surface area (Å²) < 4.78 is 0. The van der Waals surface area contributed by atoms with Crippen molar-refractivity contribution in [1.82, 2.24) is 15.5 Å². The van der Waals surface area contributed by atoms with E-state index in [1.54, 1.807) is 29.2 Å². The second-order valence-electron chi connectivity index (χ2n) is 7.68. The molecule has 0 radical (unpaired) electrons. The number of amides is 4. The SMILES string of the molecule is CC(C)NC(=O)Nc1cccc(C(=O)N2CCC(C(=O)NC3CC3)CC2)c1. The van der Waals surface area contributed by atoms with E-state index in [-0.39, 0.29) is 29.8 Å². The largest absolute Gasteiger partial charge is 0.353 e. The Hall–Kier alpha value is -2.57. The molecule has 4 amide bonds. The van der Waals surface area contributed by atoms with E-state index < -0.39 is 0 Å². The molecular formula is C20H28N4O3. The highest BCUT2D eigenvalue weighted by Gasteiger charge is 2.31. The van der Waals surface area contributed by atoms with Gasteiger partial charge in [-0.2, -0.15) is 0 Å². The van der Waals surface area contributed by atoms with Crippen LogP contribution in [0.3, 0.4) is 0 Å². The number of likely N-dealkylation sites (tertiary alicyclic amines) is 1. The van der Waals surface area contributed by atoms with Crippen molar-refractivity contribution in [2.45, 2.75) is 51.6 Å². The van der Waals surface area contributed by atoms with Gasteiger partial charge < -0.3 is 20.9 Å². The highest BCUT2D eigenvalue weighted by Crippen LogP contribution is 2.23. The Morgan fingerprint density at radius 1 is 1.07 bits per heavy atom. The van der Waals surface area contributed by atoms with Crippen LogP contribution in [-0.2, 0) is 4.79 Å². The van der Waals surface area contributed by atoms with Crippen molar-refractivity contribution in [3.63, 3.8) is 0 Å². The van der Waals surface area contributed by atoms with E-state index in [1.165, 1.54) is 0 Å². The third kappa shape index (κ3) is 5.45. The predicted molar refractivity (Wildman–Crippen MR) is 104 cm³/mol. The molecule has 2 fully saturated rings. The third-order valence-electron chi connectivity index (χ3n) is 4.86. The summed E-state index contributed by atoms with van der Waals surface area (Å²) >= 11 is 0. The highest BCUT2D eigenvalue weighted by atomic mass is 16.2. The van der Waals surface area contributed by atoms with E-state index in [0.717, 1.165) is 12.8 Å². The first kappa shape index (κ1) is 19.2. The van der Waals surface area contributed by atoms with Gasteiger partial charge in [-0.05, 0) is 57.7 Å². The van der Waals surface area contributed by atoms with E-state index in [2.05, 4.69) is 16.0 Å². The summed E-state index contributed by atoms with van der Waals surface area (Å²) in [6.45, 7) is 4.92. The molecule has 1 aromatic carbocycles. The number of benzene rings is 1. The standard InChI is InChI=1S/C20H28N4O3/c1-13(2)21-20(27)23-17-5-3-4-15(12-17)19(26)24-10-8-14(9-11-24)18(25)22-16-6-7-16/h3-5,12-14,16H,6-11H2,1-2H3,(H,22,25)(H2,21,23,27). The number of nitrogens with zero attached hydrogens (tertiary/aromatic N) is 1. The first-order valence-electron chi connectivity index (χ1n) is 9.69. The Labute approximate surface area is 159 Å². The van der Waals surface area contributed by atoms with Gasteiger partial charge in [0, 0.05) is 42.3 Å². The molecule has 1 saturated heterocycles. The average molecular weight is 372 g/mol. The lowest BCUT2D eigenvalue weighted by Crippen LogP contribution is -2.43. The molecule has 7 heteroatoms. The maximum Gasteiger partial charge on any atom is 0.319 e. The lowest BCUT2D eigenvalue weighted by atomic mass is 9.95. The molecule has 27 heavy (non-hydrogen) atoms. The summed E-state index contributed by atoms with van der Waals surface area (Å²) in [6, 6.07) is 7.07. The first-order chi connectivity index (χ1) is 12.9.